The van der Waals surface area contributed by atoms with Crippen molar-refractivity contribution in [3.8, 4) is 5.75 Å². The molecule has 0 aliphatic carbocycles. The highest BCUT2D eigenvalue weighted by Gasteiger charge is 2.69. The van der Waals surface area contributed by atoms with E-state index in [1.165, 1.54) is 4.90 Å². The van der Waals surface area contributed by atoms with Gasteiger partial charge in [-0.15, -0.1) is 0 Å². The third-order valence-electron chi connectivity index (χ3n) is 6.42. The Bertz CT molecular complexity index is 1400. The first-order chi connectivity index (χ1) is 16.3. The Hall–Kier alpha value is -3.65. The van der Waals surface area contributed by atoms with Crippen LogP contribution in [0.1, 0.15) is 23.6 Å². The first kappa shape index (κ1) is 22.2. The fourth-order valence-electron chi connectivity index (χ4n) is 4.86. The zero-order chi connectivity index (χ0) is 24.1. The quantitative estimate of drug-likeness (QED) is 0.562. The number of rotatable bonds is 5. The average Bonchev–Trinajstić information content (AvgIpc) is 3.19. The molecular formula is C26H24N2O5S. The van der Waals surface area contributed by atoms with Gasteiger partial charge in [0.1, 0.15) is 11.5 Å². The SMILES string of the molecule is CCOc1ccc(N2C(=O)CS(=O)(=O)[C@@]23C(=O)N(Cc2ccccc2C)c2ccccc23)cc1. The van der Waals surface area contributed by atoms with Crippen LogP contribution in [-0.4, -0.2) is 32.6 Å². The normalized spacial score (nSPS) is 20.8. The molecule has 2 amide bonds. The van der Waals surface area contributed by atoms with Gasteiger partial charge in [-0.25, -0.2) is 8.42 Å². The summed E-state index contributed by atoms with van der Waals surface area (Å²) in [4.78, 5) is 27.8. The van der Waals surface area contributed by atoms with Crippen molar-refractivity contribution in [2.45, 2.75) is 25.3 Å². The predicted octanol–water partition coefficient (Wildman–Crippen LogP) is 3.55. The maximum atomic E-state index is 14.1. The number of aryl methyl sites for hydroxylation is 1. The Kier molecular flexibility index (Phi) is 5.20. The lowest BCUT2D eigenvalue weighted by Gasteiger charge is -2.32. The lowest BCUT2D eigenvalue weighted by atomic mass is 10.0. The van der Waals surface area contributed by atoms with Crippen molar-refractivity contribution in [3.05, 3.63) is 89.5 Å². The van der Waals surface area contributed by atoms with Gasteiger partial charge in [0, 0.05) is 11.3 Å². The van der Waals surface area contributed by atoms with Gasteiger partial charge in [0.15, 0.2) is 9.84 Å². The fraction of sp³-hybridized carbons (Fsp3) is 0.231. The fourth-order valence-corrected chi connectivity index (χ4v) is 6.90. The van der Waals surface area contributed by atoms with Crippen LogP contribution in [0.3, 0.4) is 0 Å². The molecule has 2 aliphatic rings. The molecule has 8 heteroatoms. The standard InChI is InChI=1S/C26H24N2O5S/c1-3-33-21-14-12-20(13-15-21)28-24(29)17-34(31,32)26(28)22-10-6-7-11-23(22)27(25(26)30)16-19-9-5-4-8-18(19)2/h4-15H,3,16-17H2,1-2H3/t26-/m0/s1. The van der Waals surface area contributed by atoms with Crippen molar-refractivity contribution in [3.63, 3.8) is 0 Å². The summed E-state index contributed by atoms with van der Waals surface area (Å²) in [5, 5.41) is 0. The maximum Gasteiger partial charge on any atom is 0.274 e. The second-order valence-electron chi connectivity index (χ2n) is 8.39. The van der Waals surface area contributed by atoms with E-state index in [1.54, 1.807) is 48.5 Å². The van der Waals surface area contributed by atoms with Crippen LogP contribution in [0.5, 0.6) is 5.75 Å². The molecule has 34 heavy (non-hydrogen) atoms. The number of hydrogen-bond donors (Lipinski definition) is 0. The third kappa shape index (κ3) is 3.05. The molecule has 0 N–H and O–H groups in total. The number of anilines is 2. The van der Waals surface area contributed by atoms with Gasteiger partial charge in [-0.2, -0.15) is 0 Å². The van der Waals surface area contributed by atoms with E-state index in [2.05, 4.69) is 0 Å². The molecule has 5 rings (SSSR count). The van der Waals surface area contributed by atoms with Crippen molar-refractivity contribution in [1.29, 1.82) is 0 Å². The summed E-state index contributed by atoms with van der Waals surface area (Å²) in [5.41, 5.74) is 3.01. The van der Waals surface area contributed by atoms with E-state index in [-0.39, 0.29) is 6.54 Å². The van der Waals surface area contributed by atoms with Gasteiger partial charge in [0.25, 0.3) is 10.8 Å². The monoisotopic (exact) mass is 476 g/mol. The summed E-state index contributed by atoms with van der Waals surface area (Å²) in [6, 6.07) is 21.0. The molecule has 0 bridgehead atoms. The average molecular weight is 477 g/mol. The molecule has 2 heterocycles. The Balaban J connectivity index is 1.69. The van der Waals surface area contributed by atoms with Crippen molar-refractivity contribution in [2.24, 2.45) is 0 Å². The Morgan fingerprint density at radius 3 is 2.32 bits per heavy atom. The molecule has 7 nitrogen and oxygen atoms in total. The summed E-state index contributed by atoms with van der Waals surface area (Å²) in [6.07, 6.45) is 0. The number of ether oxygens (including phenoxy) is 1. The highest BCUT2D eigenvalue weighted by molar-refractivity contribution is 7.94. The molecule has 1 spiro atoms. The molecule has 0 aromatic heterocycles. The second-order valence-corrected chi connectivity index (χ2v) is 10.5. The van der Waals surface area contributed by atoms with Gasteiger partial charge in [-0.05, 0) is 55.3 Å². The molecule has 3 aromatic carbocycles. The summed E-state index contributed by atoms with van der Waals surface area (Å²) in [5.74, 6) is -1.42. The van der Waals surface area contributed by atoms with E-state index < -0.39 is 32.3 Å². The van der Waals surface area contributed by atoms with Crippen LogP contribution in [-0.2, 0) is 30.8 Å². The number of carbonyl (C=O) groups is 2. The minimum absolute atomic E-state index is 0.200. The zero-order valence-corrected chi connectivity index (χ0v) is 19.7. The van der Waals surface area contributed by atoms with Crippen LogP contribution >= 0.6 is 0 Å². The molecule has 1 fully saturated rings. The molecule has 1 atom stereocenters. The Morgan fingerprint density at radius 1 is 0.941 bits per heavy atom. The topological polar surface area (TPSA) is 84.0 Å². The first-order valence-corrected chi connectivity index (χ1v) is 12.7. The molecule has 2 aliphatic heterocycles. The van der Waals surface area contributed by atoms with E-state index in [1.807, 2.05) is 38.1 Å². The van der Waals surface area contributed by atoms with E-state index in [9.17, 15) is 18.0 Å². The number of sulfone groups is 1. The van der Waals surface area contributed by atoms with E-state index >= 15 is 0 Å². The summed E-state index contributed by atoms with van der Waals surface area (Å²) < 4.78 is 32.8. The summed E-state index contributed by atoms with van der Waals surface area (Å²) >= 11 is 0. The van der Waals surface area contributed by atoms with Crippen LogP contribution in [0, 0.1) is 6.92 Å². The van der Waals surface area contributed by atoms with E-state index in [0.29, 0.717) is 29.3 Å². The molecular weight excluding hydrogens is 452 g/mol. The number of amides is 2. The van der Waals surface area contributed by atoms with Crippen molar-refractivity contribution >= 4 is 33.0 Å². The summed E-state index contributed by atoms with van der Waals surface area (Å²) in [7, 11) is -4.20. The number of para-hydroxylation sites is 1. The lowest BCUT2D eigenvalue weighted by Crippen LogP contribution is -2.54. The molecule has 0 radical (unpaired) electrons. The lowest BCUT2D eigenvalue weighted by molar-refractivity contribution is -0.123. The third-order valence-corrected chi connectivity index (χ3v) is 8.52. The Morgan fingerprint density at radius 2 is 1.62 bits per heavy atom. The number of hydrogen-bond acceptors (Lipinski definition) is 5. The summed E-state index contributed by atoms with van der Waals surface area (Å²) in [6.45, 7) is 4.47. The van der Waals surface area contributed by atoms with Crippen molar-refractivity contribution in [2.75, 3.05) is 22.2 Å². The largest absolute Gasteiger partial charge is 0.494 e. The van der Waals surface area contributed by atoms with Crippen LogP contribution in [0.25, 0.3) is 0 Å². The Labute approximate surface area is 198 Å². The number of nitrogens with zero attached hydrogens (tertiary/aromatic N) is 2. The van der Waals surface area contributed by atoms with Crippen LogP contribution in [0.4, 0.5) is 11.4 Å². The molecule has 3 aromatic rings. The van der Waals surface area contributed by atoms with Crippen molar-refractivity contribution in [1.82, 2.24) is 0 Å². The zero-order valence-electron chi connectivity index (χ0n) is 18.9. The number of carbonyl (C=O) groups excluding carboxylic acids is 2. The van der Waals surface area contributed by atoms with Gasteiger partial charge < -0.3 is 9.64 Å². The minimum Gasteiger partial charge on any atom is -0.494 e. The molecule has 0 saturated carbocycles. The van der Waals surface area contributed by atoms with E-state index in [4.69, 9.17) is 4.74 Å². The smallest absolute Gasteiger partial charge is 0.274 e. The maximum absolute atomic E-state index is 14.1. The number of fused-ring (bicyclic) bond motifs is 2. The van der Waals surface area contributed by atoms with Crippen LogP contribution in [0.2, 0.25) is 0 Å². The van der Waals surface area contributed by atoms with Gasteiger partial charge >= 0.3 is 0 Å². The van der Waals surface area contributed by atoms with Gasteiger partial charge in [0.05, 0.1) is 18.8 Å². The molecule has 174 valence electrons. The van der Waals surface area contributed by atoms with Gasteiger partial charge in [-0.1, -0.05) is 42.5 Å². The highest BCUT2D eigenvalue weighted by Crippen LogP contribution is 2.52. The van der Waals surface area contributed by atoms with E-state index in [0.717, 1.165) is 16.0 Å². The van der Waals surface area contributed by atoms with Gasteiger partial charge in [-0.3, -0.25) is 14.5 Å². The minimum atomic E-state index is -4.20. The second kappa shape index (κ2) is 7.99. The molecule has 1 saturated heterocycles. The van der Waals surface area contributed by atoms with Crippen molar-refractivity contribution < 1.29 is 22.7 Å². The van der Waals surface area contributed by atoms with Gasteiger partial charge in [0.2, 0.25) is 5.91 Å². The number of benzene rings is 3. The predicted molar refractivity (Wildman–Crippen MR) is 129 cm³/mol. The van der Waals surface area contributed by atoms with Crippen LogP contribution < -0.4 is 14.5 Å². The highest BCUT2D eigenvalue weighted by atomic mass is 32.2. The van der Waals surface area contributed by atoms with Crippen LogP contribution in [0.15, 0.2) is 72.8 Å². The first-order valence-electron chi connectivity index (χ1n) is 11.1. The molecule has 0 unspecified atom stereocenters.